The van der Waals surface area contributed by atoms with Crippen molar-refractivity contribution < 1.29 is 9.90 Å². The fraction of sp³-hybridized carbons (Fsp3) is 0.200. The highest BCUT2D eigenvalue weighted by Crippen LogP contribution is 2.29. The Kier molecular flexibility index (Phi) is 6.22. The minimum atomic E-state index is -0.170. The van der Waals surface area contributed by atoms with Crippen LogP contribution in [-0.4, -0.2) is 29.1 Å². The smallest absolute Gasteiger partial charge is 0.254 e. The van der Waals surface area contributed by atoms with Crippen LogP contribution in [0.3, 0.4) is 0 Å². The first-order valence-corrected chi connectivity index (χ1v) is 8.09. The number of rotatable bonds is 6. The maximum absolute atomic E-state index is 12.1. The first-order valence-electron chi connectivity index (χ1n) is 6.48. The summed E-state index contributed by atoms with van der Waals surface area (Å²) in [5, 5.41) is 12.2. The van der Waals surface area contributed by atoms with Crippen molar-refractivity contribution in [2.75, 3.05) is 13.2 Å². The van der Waals surface area contributed by atoms with Gasteiger partial charge in [-0.15, -0.1) is 0 Å². The molecule has 0 radical (unpaired) electrons. The van der Waals surface area contributed by atoms with E-state index in [4.69, 9.17) is 5.11 Å². The molecular weight excluding hydrogens is 352 g/mol. The van der Waals surface area contributed by atoms with Crippen molar-refractivity contribution in [3.63, 3.8) is 0 Å². The highest BCUT2D eigenvalue weighted by atomic mass is 79.9. The molecule has 1 heterocycles. The van der Waals surface area contributed by atoms with E-state index in [9.17, 15) is 4.79 Å². The Bertz CT molecular complexity index is 605. The molecule has 0 aliphatic carbocycles. The Morgan fingerprint density at radius 2 is 2.05 bits per heavy atom. The largest absolute Gasteiger partial charge is 0.396 e. The highest BCUT2D eigenvalue weighted by Gasteiger charge is 2.12. The van der Waals surface area contributed by atoms with E-state index in [1.54, 1.807) is 18.3 Å². The van der Waals surface area contributed by atoms with Gasteiger partial charge in [0, 0.05) is 28.7 Å². The summed E-state index contributed by atoms with van der Waals surface area (Å²) in [6, 6.07) is 11.3. The number of amides is 1. The van der Waals surface area contributed by atoms with Crippen LogP contribution in [0.1, 0.15) is 16.8 Å². The van der Waals surface area contributed by atoms with Crippen molar-refractivity contribution in [3.8, 4) is 0 Å². The molecule has 0 saturated heterocycles. The van der Waals surface area contributed by atoms with Gasteiger partial charge in [0.15, 0.2) is 0 Å². The molecule has 0 bridgehead atoms. The van der Waals surface area contributed by atoms with Crippen LogP contribution in [-0.2, 0) is 0 Å². The minimum absolute atomic E-state index is 0.0633. The average Bonchev–Trinajstić information content (AvgIpc) is 2.50. The van der Waals surface area contributed by atoms with Gasteiger partial charge in [0.05, 0.1) is 5.56 Å². The normalized spacial score (nSPS) is 10.4. The van der Waals surface area contributed by atoms with Gasteiger partial charge in [-0.1, -0.05) is 27.7 Å². The zero-order valence-corrected chi connectivity index (χ0v) is 13.7. The van der Waals surface area contributed by atoms with Crippen molar-refractivity contribution in [2.24, 2.45) is 0 Å². The Balaban J connectivity index is 2.12. The second-order valence-electron chi connectivity index (χ2n) is 4.25. The number of carbonyl (C=O) groups is 1. The maximum Gasteiger partial charge on any atom is 0.254 e. The van der Waals surface area contributed by atoms with Crippen molar-refractivity contribution in [1.82, 2.24) is 10.3 Å². The summed E-state index contributed by atoms with van der Waals surface area (Å²) in [6.07, 6.45) is 2.22. The zero-order valence-electron chi connectivity index (χ0n) is 11.3. The number of halogens is 1. The first-order chi connectivity index (χ1) is 10.2. The average molecular weight is 367 g/mol. The zero-order chi connectivity index (χ0) is 15.1. The third-order valence-corrected chi connectivity index (χ3v) is 4.22. The molecule has 0 aliphatic rings. The number of aliphatic hydroxyl groups is 1. The molecular formula is C15H15BrN2O2S. The van der Waals surface area contributed by atoms with Crippen LogP contribution in [0.4, 0.5) is 0 Å². The second kappa shape index (κ2) is 8.17. The lowest BCUT2D eigenvalue weighted by Gasteiger charge is -2.08. The third kappa shape index (κ3) is 4.84. The second-order valence-corrected chi connectivity index (χ2v) is 6.22. The van der Waals surface area contributed by atoms with Crippen molar-refractivity contribution in [3.05, 3.63) is 52.6 Å². The van der Waals surface area contributed by atoms with Crippen molar-refractivity contribution in [2.45, 2.75) is 16.3 Å². The number of carbonyl (C=O) groups excluding carboxylic acids is 1. The summed E-state index contributed by atoms with van der Waals surface area (Å²) in [5.41, 5.74) is 0.545. The van der Waals surface area contributed by atoms with Gasteiger partial charge in [0.25, 0.3) is 5.91 Å². The van der Waals surface area contributed by atoms with Gasteiger partial charge < -0.3 is 10.4 Å². The van der Waals surface area contributed by atoms with E-state index < -0.39 is 0 Å². The number of pyridine rings is 1. The molecule has 0 spiro atoms. The third-order valence-electron chi connectivity index (χ3n) is 2.66. The fourth-order valence-corrected chi connectivity index (χ4v) is 2.78. The lowest BCUT2D eigenvalue weighted by molar-refractivity contribution is 0.0947. The molecule has 0 unspecified atom stereocenters. The number of hydrogen-bond acceptors (Lipinski definition) is 4. The number of hydrogen-bond donors (Lipinski definition) is 2. The van der Waals surface area contributed by atoms with Gasteiger partial charge in [-0.25, -0.2) is 4.98 Å². The quantitative estimate of drug-likeness (QED) is 0.771. The van der Waals surface area contributed by atoms with E-state index in [1.807, 2.05) is 24.3 Å². The van der Waals surface area contributed by atoms with E-state index in [0.717, 1.165) is 9.37 Å². The van der Waals surface area contributed by atoms with E-state index in [-0.39, 0.29) is 12.5 Å². The molecule has 1 aromatic heterocycles. The van der Waals surface area contributed by atoms with Gasteiger partial charge >= 0.3 is 0 Å². The van der Waals surface area contributed by atoms with Gasteiger partial charge in [0.1, 0.15) is 5.03 Å². The molecule has 2 N–H and O–H groups in total. The predicted molar refractivity (Wildman–Crippen MR) is 86.5 cm³/mol. The molecule has 21 heavy (non-hydrogen) atoms. The molecule has 110 valence electrons. The van der Waals surface area contributed by atoms with Crippen LogP contribution in [0, 0.1) is 0 Å². The summed E-state index contributed by atoms with van der Waals surface area (Å²) in [5.74, 6) is -0.170. The molecule has 0 fully saturated rings. The van der Waals surface area contributed by atoms with Gasteiger partial charge in [0.2, 0.25) is 0 Å². The van der Waals surface area contributed by atoms with Crippen LogP contribution < -0.4 is 5.32 Å². The van der Waals surface area contributed by atoms with E-state index >= 15 is 0 Å². The van der Waals surface area contributed by atoms with E-state index in [0.29, 0.717) is 23.6 Å². The molecule has 2 rings (SSSR count). The first kappa shape index (κ1) is 16.0. The predicted octanol–water partition coefficient (Wildman–Crippen LogP) is 3.11. The summed E-state index contributed by atoms with van der Waals surface area (Å²) >= 11 is 4.84. The summed E-state index contributed by atoms with van der Waals surface area (Å²) in [7, 11) is 0. The van der Waals surface area contributed by atoms with Crippen LogP contribution in [0.2, 0.25) is 0 Å². The number of nitrogens with zero attached hydrogens (tertiary/aromatic N) is 1. The maximum atomic E-state index is 12.1. The Morgan fingerprint density at radius 3 is 2.76 bits per heavy atom. The van der Waals surface area contributed by atoms with E-state index in [1.165, 1.54) is 11.8 Å². The van der Waals surface area contributed by atoms with Crippen LogP contribution in [0.25, 0.3) is 0 Å². The van der Waals surface area contributed by atoms with Crippen molar-refractivity contribution >= 4 is 33.6 Å². The summed E-state index contributed by atoms with van der Waals surface area (Å²) in [4.78, 5) is 17.4. The number of benzene rings is 1. The molecule has 6 heteroatoms. The monoisotopic (exact) mass is 366 g/mol. The van der Waals surface area contributed by atoms with E-state index in [2.05, 4.69) is 26.2 Å². The fourth-order valence-electron chi connectivity index (χ4n) is 1.64. The van der Waals surface area contributed by atoms with Gasteiger partial charge in [-0.05, 0) is 42.8 Å². The number of aromatic nitrogens is 1. The van der Waals surface area contributed by atoms with Crippen molar-refractivity contribution in [1.29, 1.82) is 0 Å². The lowest BCUT2D eigenvalue weighted by Crippen LogP contribution is -2.25. The molecule has 1 aromatic carbocycles. The number of nitrogens with one attached hydrogen (secondary N) is 1. The Labute approximate surface area is 136 Å². The summed E-state index contributed by atoms with van der Waals surface area (Å²) in [6.45, 7) is 0.514. The number of aliphatic hydroxyl groups excluding tert-OH is 1. The molecule has 1 amide bonds. The molecule has 4 nitrogen and oxygen atoms in total. The molecule has 0 atom stereocenters. The van der Waals surface area contributed by atoms with Gasteiger partial charge in [-0.3, -0.25) is 4.79 Å². The lowest BCUT2D eigenvalue weighted by atomic mass is 10.2. The van der Waals surface area contributed by atoms with Crippen LogP contribution in [0.15, 0.2) is 57.0 Å². The Morgan fingerprint density at radius 1 is 1.29 bits per heavy atom. The highest BCUT2D eigenvalue weighted by molar-refractivity contribution is 9.10. The molecule has 0 saturated carbocycles. The summed E-state index contributed by atoms with van der Waals surface area (Å²) < 4.78 is 1.01. The topological polar surface area (TPSA) is 62.2 Å². The standard InChI is InChI=1S/C15H15BrN2O2S/c16-11-4-6-12(7-5-11)21-15-13(3-1-8-18-15)14(20)17-9-2-10-19/h1,3-8,19H,2,9-10H2,(H,17,20). The molecule has 2 aromatic rings. The molecule has 0 aliphatic heterocycles. The van der Waals surface area contributed by atoms with Crippen LogP contribution >= 0.6 is 27.7 Å². The SMILES string of the molecule is O=C(NCCCO)c1cccnc1Sc1ccc(Br)cc1. The van der Waals surface area contributed by atoms with Crippen LogP contribution in [0.5, 0.6) is 0 Å². The minimum Gasteiger partial charge on any atom is -0.396 e. The Hall–Kier alpha value is -1.37. The van der Waals surface area contributed by atoms with Gasteiger partial charge in [-0.2, -0.15) is 0 Å².